The summed E-state index contributed by atoms with van der Waals surface area (Å²) in [5.41, 5.74) is 6.75. The summed E-state index contributed by atoms with van der Waals surface area (Å²) < 4.78 is 1.09. The Morgan fingerprint density at radius 2 is 2.25 bits per heavy atom. The zero-order valence-corrected chi connectivity index (χ0v) is 8.58. The standard InChI is InChI=1S/C10H12BrN/c1-8(12)5-6-9-3-2-4-10(11)7-9/h2-8H,12H2,1H3/b6-5+. The van der Waals surface area contributed by atoms with Crippen LogP contribution < -0.4 is 5.73 Å². The van der Waals surface area contributed by atoms with Crippen LogP contribution in [0.3, 0.4) is 0 Å². The zero-order valence-electron chi connectivity index (χ0n) is 7.00. The Balaban J connectivity index is 2.76. The fourth-order valence-corrected chi connectivity index (χ4v) is 1.29. The van der Waals surface area contributed by atoms with E-state index in [1.807, 2.05) is 37.3 Å². The highest BCUT2D eigenvalue weighted by Crippen LogP contribution is 2.12. The van der Waals surface area contributed by atoms with Crippen molar-refractivity contribution in [1.82, 2.24) is 0 Å². The predicted octanol–water partition coefficient (Wildman–Crippen LogP) is 2.81. The third kappa shape index (κ3) is 3.20. The topological polar surface area (TPSA) is 26.0 Å². The van der Waals surface area contributed by atoms with Gasteiger partial charge in [-0.15, -0.1) is 0 Å². The van der Waals surface area contributed by atoms with E-state index in [1.165, 1.54) is 5.56 Å². The lowest BCUT2D eigenvalue weighted by molar-refractivity contribution is 0.931. The monoisotopic (exact) mass is 225 g/mol. The summed E-state index contributed by atoms with van der Waals surface area (Å²) in [5.74, 6) is 0. The van der Waals surface area contributed by atoms with Gasteiger partial charge >= 0.3 is 0 Å². The minimum absolute atomic E-state index is 0.115. The summed E-state index contributed by atoms with van der Waals surface area (Å²) in [6, 6.07) is 8.22. The third-order valence-corrected chi connectivity index (χ3v) is 1.93. The molecule has 0 spiro atoms. The molecule has 0 aliphatic carbocycles. The van der Waals surface area contributed by atoms with Gasteiger partial charge in [0.25, 0.3) is 0 Å². The van der Waals surface area contributed by atoms with E-state index < -0.39 is 0 Å². The molecule has 0 amide bonds. The van der Waals surface area contributed by atoms with E-state index in [2.05, 4.69) is 22.0 Å². The van der Waals surface area contributed by atoms with Crippen LogP contribution in [0.4, 0.5) is 0 Å². The second-order valence-corrected chi connectivity index (χ2v) is 3.69. The van der Waals surface area contributed by atoms with Crippen molar-refractivity contribution in [3.05, 3.63) is 40.4 Å². The minimum Gasteiger partial charge on any atom is -0.325 e. The van der Waals surface area contributed by atoms with E-state index >= 15 is 0 Å². The molecule has 0 bridgehead atoms. The number of nitrogens with two attached hydrogens (primary N) is 1. The fraction of sp³-hybridized carbons (Fsp3) is 0.200. The lowest BCUT2D eigenvalue weighted by Crippen LogP contribution is -2.09. The number of halogens is 1. The van der Waals surface area contributed by atoms with Crippen molar-refractivity contribution in [1.29, 1.82) is 0 Å². The predicted molar refractivity (Wildman–Crippen MR) is 56.8 cm³/mol. The molecular weight excluding hydrogens is 214 g/mol. The molecule has 0 aromatic heterocycles. The summed E-state index contributed by atoms with van der Waals surface area (Å²) in [5, 5.41) is 0. The number of hydrogen-bond acceptors (Lipinski definition) is 1. The van der Waals surface area contributed by atoms with Crippen molar-refractivity contribution in [3.63, 3.8) is 0 Å². The summed E-state index contributed by atoms with van der Waals surface area (Å²) >= 11 is 3.40. The van der Waals surface area contributed by atoms with Crippen LogP contribution in [0.15, 0.2) is 34.8 Å². The van der Waals surface area contributed by atoms with Crippen LogP contribution in [0.25, 0.3) is 6.08 Å². The summed E-state index contributed by atoms with van der Waals surface area (Å²) in [7, 11) is 0. The molecule has 2 N–H and O–H groups in total. The number of rotatable bonds is 2. The average molecular weight is 226 g/mol. The number of hydrogen-bond donors (Lipinski definition) is 1. The second kappa shape index (κ2) is 4.43. The zero-order chi connectivity index (χ0) is 8.97. The Hall–Kier alpha value is -0.600. The Morgan fingerprint density at radius 3 is 2.83 bits per heavy atom. The van der Waals surface area contributed by atoms with Gasteiger partial charge in [-0.2, -0.15) is 0 Å². The maximum Gasteiger partial charge on any atom is 0.0198 e. The van der Waals surface area contributed by atoms with Gasteiger partial charge in [0, 0.05) is 10.5 Å². The Labute approximate surface area is 81.4 Å². The summed E-state index contributed by atoms with van der Waals surface area (Å²) in [4.78, 5) is 0. The van der Waals surface area contributed by atoms with Crippen LogP contribution in [0.1, 0.15) is 12.5 Å². The molecule has 1 aromatic carbocycles. The molecule has 0 saturated heterocycles. The quantitative estimate of drug-likeness (QED) is 0.824. The van der Waals surface area contributed by atoms with E-state index in [0.717, 1.165) is 4.47 Å². The molecule has 1 unspecified atom stereocenters. The molecule has 0 aliphatic heterocycles. The third-order valence-electron chi connectivity index (χ3n) is 1.44. The van der Waals surface area contributed by atoms with Crippen molar-refractivity contribution in [3.8, 4) is 0 Å². The Bertz CT molecular complexity index is 279. The van der Waals surface area contributed by atoms with E-state index in [0.29, 0.717) is 0 Å². The van der Waals surface area contributed by atoms with Gasteiger partial charge in [-0.1, -0.05) is 40.2 Å². The summed E-state index contributed by atoms with van der Waals surface area (Å²) in [6.45, 7) is 1.95. The van der Waals surface area contributed by atoms with E-state index in [9.17, 15) is 0 Å². The van der Waals surface area contributed by atoms with E-state index in [4.69, 9.17) is 5.73 Å². The Kier molecular flexibility index (Phi) is 3.50. The molecule has 2 heteroatoms. The SMILES string of the molecule is CC(N)/C=C/c1cccc(Br)c1. The largest absolute Gasteiger partial charge is 0.325 e. The lowest BCUT2D eigenvalue weighted by atomic mass is 10.2. The molecule has 0 saturated carbocycles. The normalized spacial score (nSPS) is 13.6. The molecule has 1 aromatic rings. The van der Waals surface area contributed by atoms with Crippen molar-refractivity contribution in [2.45, 2.75) is 13.0 Å². The van der Waals surface area contributed by atoms with Gasteiger partial charge in [0.2, 0.25) is 0 Å². The molecule has 0 heterocycles. The van der Waals surface area contributed by atoms with Crippen LogP contribution in [0, 0.1) is 0 Å². The highest BCUT2D eigenvalue weighted by Gasteiger charge is 1.89. The van der Waals surface area contributed by atoms with Crippen LogP contribution in [0.2, 0.25) is 0 Å². The molecule has 64 valence electrons. The molecule has 12 heavy (non-hydrogen) atoms. The van der Waals surface area contributed by atoms with Crippen LogP contribution in [0.5, 0.6) is 0 Å². The van der Waals surface area contributed by atoms with E-state index in [-0.39, 0.29) is 6.04 Å². The van der Waals surface area contributed by atoms with Gasteiger partial charge in [0.1, 0.15) is 0 Å². The van der Waals surface area contributed by atoms with Crippen LogP contribution in [-0.4, -0.2) is 6.04 Å². The molecule has 1 atom stereocenters. The molecule has 0 fully saturated rings. The van der Waals surface area contributed by atoms with Gasteiger partial charge in [0.05, 0.1) is 0 Å². The first-order valence-electron chi connectivity index (χ1n) is 3.88. The first-order chi connectivity index (χ1) is 5.68. The highest BCUT2D eigenvalue weighted by molar-refractivity contribution is 9.10. The lowest BCUT2D eigenvalue weighted by Gasteiger charge is -1.96. The minimum atomic E-state index is 0.115. The van der Waals surface area contributed by atoms with Gasteiger partial charge < -0.3 is 5.73 Å². The smallest absolute Gasteiger partial charge is 0.0198 e. The molecule has 0 radical (unpaired) electrons. The molecule has 0 aliphatic rings. The summed E-state index contributed by atoms with van der Waals surface area (Å²) in [6.07, 6.45) is 4.00. The van der Waals surface area contributed by atoms with Crippen molar-refractivity contribution >= 4 is 22.0 Å². The van der Waals surface area contributed by atoms with Gasteiger partial charge in [-0.05, 0) is 24.6 Å². The van der Waals surface area contributed by atoms with Crippen molar-refractivity contribution in [2.75, 3.05) is 0 Å². The Morgan fingerprint density at radius 1 is 1.50 bits per heavy atom. The fourth-order valence-electron chi connectivity index (χ4n) is 0.873. The van der Waals surface area contributed by atoms with Gasteiger partial charge in [0.15, 0.2) is 0 Å². The maximum absolute atomic E-state index is 5.58. The first-order valence-corrected chi connectivity index (χ1v) is 4.67. The maximum atomic E-state index is 5.58. The second-order valence-electron chi connectivity index (χ2n) is 2.77. The van der Waals surface area contributed by atoms with Crippen molar-refractivity contribution in [2.24, 2.45) is 5.73 Å². The first kappa shape index (κ1) is 9.49. The van der Waals surface area contributed by atoms with E-state index in [1.54, 1.807) is 0 Å². The van der Waals surface area contributed by atoms with Crippen LogP contribution in [-0.2, 0) is 0 Å². The van der Waals surface area contributed by atoms with Crippen molar-refractivity contribution < 1.29 is 0 Å². The van der Waals surface area contributed by atoms with Gasteiger partial charge in [-0.25, -0.2) is 0 Å². The van der Waals surface area contributed by atoms with Gasteiger partial charge in [-0.3, -0.25) is 0 Å². The highest BCUT2D eigenvalue weighted by atomic mass is 79.9. The molecule has 1 rings (SSSR count). The molecule has 1 nitrogen and oxygen atoms in total. The number of benzene rings is 1. The molecular formula is C10H12BrN. The van der Waals surface area contributed by atoms with Crippen LogP contribution >= 0.6 is 15.9 Å². The average Bonchev–Trinajstić information content (AvgIpc) is 2.01.